The van der Waals surface area contributed by atoms with Gasteiger partial charge in [0.1, 0.15) is 5.76 Å². The highest BCUT2D eigenvalue weighted by Gasteiger charge is 2.15. The second-order valence-electron chi connectivity index (χ2n) is 5.47. The Morgan fingerprint density at radius 1 is 1.33 bits per heavy atom. The van der Waals surface area contributed by atoms with Crippen molar-refractivity contribution in [1.82, 2.24) is 10.2 Å². The Morgan fingerprint density at radius 3 is 2.52 bits per heavy atom. The molecule has 120 valence electrons. The maximum atomic E-state index is 10.8. The fourth-order valence-electron chi connectivity index (χ4n) is 2.45. The molecule has 5 nitrogen and oxygen atoms in total. The van der Waals surface area contributed by atoms with Gasteiger partial charge < -0.3 is 19.7 Å². The maximum absolute atomic E-state index is 10.8. The van der Waals surface area contributed by atoms with Gasteiger partial charge in [0, 0.05) is 6.04 Å². The van der Waals surface area contributed by atoms with Crippen molar-refractivity contribution < 1.29 is 14.3 Å². The van der Waals surface area contributed by atoms with Crippen LogP contribution >= 0.6 is 0 Å². The maximum Gasteiger partial charge on any atom is 0.371 e. The molecule has 2 N–H and O–H groups in total. The molecule has 1 aromatic heterocycles. The van der Waals surface area contributed by atoms with Gasteiger partial charge in [-0.1, -0.05) is 13.8 Å². The smallest absolute Gasteiger partial charge is 0.371 e. The fourth-order valence-corrected chi connectivity index (χ4v) is 2.45. The van der Waals surface area contributed by atoms with Gasteiger partial charge in [-0.3, -0.25) is 0 Å². The van der Waals surface area contributed by atoms with E-state index in [0.29, 0.717) is 11.8 Å². The number of rotatable bonds is 10. The summed E-state index contributed by atoms with van der Waals surface area (Å²) < 4.78 is 5.31. The topological polar surface area (TPSA) is 65.7 Å². The molecule has 0 aliphatic carbocycles. The van der Waals surface area contributed by atoms with Gasteiger partial charge in [0.05, 0.1) is 6.04 Å². The Labute approximate surface area is 127 Å². The van der Waals surface area contributed by atoms with Crippen molar-refractivity contribution in [2.45, 2.75) is 52.6 Å². The van der Waals surface area contributed by atoms with Crippen LogP contribution in [0.5, 0.6) is 0 Å². The second kappa shape index (κ2) is 8.85. The Hall–Kier alpha value is -1.33. The summed E-state index contributed by atoms with van der Waals surface area (Å²) in [4.78, 5) is 13.2. The van der Waals surface area contributed by atoms with Crippen LogP contribution in [0.4, 0.5) is 0 Å². The summed E-state index contributed by atoms with van der Waals surface area (Å²) in [6.45, 7) is 11.8. The molecule has 0 aromatic carbocycles. The third kappa shape index (κ3) is 5.89. The predicted octanol–water partition coefficient (Wildman–Crippen LogP) is 3.14. The first-order valence-corrected chi connectivity index (χ1v) is 7.79. The Bertz CT molecular complexity index is 427. The molecule has 0 fully saturated rings. The molecular formula is C16H28N2O3. The number of carbonyl (C=O) groups is 1. The Balaban J connectivity index is 2.35. The third-order valence-electron chi connectivity index (χ3n) is 3.80. The van der Waals surface area contributed by atoms with Crippen molar-refractivity contribution >= 4 is 5.97 Å². The summed E-state index contributed by atoms with van der Waals surface area (Å²) in [5, 5.41) is 12.3. The average Bonchev–Trinajstić information content (AvgIpc) is 2.93. The van der Waals surface area contributed by atoms with Crippen LogP contribution in [0.1, 0.15) is 62.9 Å². The summed E-state index contributed by atoms with van der Waals surface area (Å²) >= 11 is 0. The van der Waals surface area contributed by atoms with Gasteiger partial charge in [0.2, 0.25) is 5.76 Å². The van der Waals surface area contributed by atoms with Crippen molar-refractivity contribution in [3.8, 4) is 0 Å². The van der Waals surface area contributed by atoms with E-state index in [1.807, 2.05) is 6.92 Å². The van der Waals surface area contributed by atoms with E-state index in [0.717, 1.165) is 32.5 Å². The van der Waals surface area contributed by atoms with Crippen LogP contribution < -0.4 is 5.32 Å². The first kappa shape index (κ1) is 17.7. The molecule has 1 rings (SSSR count). The zero-order valence-electron chi connectivity index (χ0n) is 13.6. The van der Waals surface area contributed by atoms with Crippen molar-refractivity contribution in [3.63, 3.8) is 0 Å². The SMILES string of the molecule is CCN(CC)CCCC(C)NC(C)c1ccc(C(=O)O)o1. The molecule has 5 heteroatoms. The Morgan fingerprint density at radius 2 is 2.00 bits per heavy atom. The molecule has 0 bridgehead atoms. The molecule has 1 heterocycles. The van der Waals surface area contributed by atoms with Crippen molar-refractivity contribution in [1.29, 1.82) is 0 Å². The molecule has 0 aliphatic rings. The molecule has 0 aliphatic heterocycles. The lowest BCUT2D eigenvalue weighted by Crippen LogP contribution is -2.30. The lowest BCUT2D eigenvalue weighted by molar-refractivity contribution is 0.0659. The lowest BCUT2D eigenvalue weighted by atomic mass is 10.1. The number of nitrogens with one attached hydrogen (secondary N) is 1. The van der Waals surface area contributed by atoms with Crippen LogP contribution in [0, 0.1) is 0 Å². The number of nitrogens with zero attached hydrogens (tertiary/aromatic N) is 1. The standard InChI is InChI=1S/C16H28N2O3/c1-5-18(6-2)11-7-8-12(3)17-13(4)14-9-10-15(21-14)16(19)20/h9-10,12-13,17H,5-8,11H2,1-4H3,(H,19,20). The average molecular weight is 296 g/mol. The van der Waals surface area contributed by atoms with E-state index in [1.165, 1.54) is 6.07 Å². The summed E-state index contributed by atoms with van der Waals surface area (Å²) in [5.41, 5.74) is 0. The number of aromatic carboxylic acids is 1. The van der Waals surface area contributed by atoms with Crippen LogP contribution in [-0.2, 0) is 0 Å². The largest absolute Gasteiger partial charge is 0.475 e. The third-order valence-corrected chi connectivity index (χ3v) is 3.80. The minimum absolute atomic E-state index is 0.00663. The number of furan rings is 1. The van der Waals surface area contributed by atoms with Crippen molar-refractivity contribution in [3.05, 3.63) is 23.7 Å². The van der Waals surface area contributed by atoms with Crippen LogP contribution in [0.2, 0.25) is 0 Å². The molecule has 1 aromatic rings. The quantitative estimate of drug-likeness (QED) is 0.694. The van der Waals surface area contributed by atoms with Gasteiger partial charge in [-0.05, 0) is 58.5 Å². The molecule has 2 atom stereocenters. The van der Waals surface area contributed by atoms with E-state index >= 15 is 0 Å². The van der Waals surface area contributed by atoms with Crippen LogP contribution in [0.25, 0.3) is 0 Å². The second-order valence-corrected chi connectivity index (χ2v) is 5.47. The highest BCUT2D eigenvalue weighted by Crippen LogP contribution is 2.17. The molecule has 0 radical (unpaired) electrons. The normalized spacial score (nSPS) is 14.3. The minimum atomic E-state index is -1.03. The van der Waals surface area contributed by atoms with Gasteiger partial charge in [0.25, 0.3) is 0 Å². The van der Waals surface area contributed by atoms with Gasteiger partial charge in [0.15, 0.2) is 0 Å². The molecule has 0 saturated carbocycles. The summed E-state index contributed by atoms with van der Waals surface area (Å²) in [5.74, 6) is -0.364. The fraction of sp³-hybridized carbons (Fsp3) is 0.688. The minimum Gasteiger partial charge on any atom is -0.475 e. The van der Waals surface area contributed by atoms with E-state index in [9.17, 15) is 4.79 Å². The lowest BCUT2D eigenvalue weighted by Gasteiger charge is -2.21. The van der Waals surface area contributed by atoms with Gasteiger partial charge in [-0.2, -0.15) is 0 Å². The number of hydrogen-bond acceptors (Lipinski definition) is 4. The molecule has 0 amide bonds. The molecular weight excluding hydrogens is 268 g/mol. The molecule has 2 unspecified atom stereocenters. The highest BCUT2D eigenvalue weighted by atomic mass is 16.4. The van der Waals surface area contributed by atoms with E-state index in [2.05, 4.69) is 31.0 Å². The van der Waals surface area contributed by atoms with Crippen molar-refractivity contribution in [2.24, 2.45) is 0 Å². The Kier molecular flexibility index (Phi) is 7.47. The van der Waals surface area contributed by atoms with E-state index in [4.69, 9.17) is 9.52 Å². The van der Waals surface area contributed by atoms with Crippen LogP contribution in [-0.4, -0.2) is 41.7 Å². The number of carboxylic acid groups (broad SMARTS) is 1. The predicted molar refractivity (Wildman–Crippen MR) is 83.7 cm³/mol. The number of hydrogen-bond donors (Lipinski definition) is 2. The first-order valence-electron chi connectivity index (χ1n) is 7.79. The summed E-state index contributed by atoms with van der Waals surface area (Å²) in [6.07, 6.45) is 2.24. The van der Waals surface area contributed by atoms with E-state index in [-0.39, 0.29) is 11.8 Å². The first-order chi connectivity index (χ1) is 9.97. The monoisotopic (exact) mass is 296 g/mol. The molecule has 0 saturated heterocycles. The van der Waals surface area contributed by atoms with Crippen LogP contribution in [0.3, 0.4) is 0 Å². The van der Waals surface area contributed by atoms with E-state index in [1.54, 1.807) is 6.07 Å². The zero-order chi connectivity index (χ0) is 15.8. The van der Waals surface area contributed by atoms with Crippen molar-refractivity contribution in [2.75, 3.05) is 19.6 Å². The van der Waals surface area contributed by atoms with Gasteiger partial charge in [-0.15, -0.1) is 0 Å². The summed E-state index contributed by atoms with van der Waals surface area (Å²) in [7, 11) is 0. The van der Waals surface area contributed by atoms with E-state index < -0.39 is 5.97 Å². The van der Waals surface area contributed by atoms with Gasteiger partial charge in [-0.25, -0.2) is 4.79 Å². The zero-order valence-corrected chi connectivity index (χ0v) is 13.6. The molecule has 21 heavy (non-hydrogen) atoms. The van der Waals surface area contributed by atoms with Gasteiger partial charge >= 0.3 is 5.97 Å². The number of carboxylic acids is 1. The van der Waals surface area contributed by atoms with Crippen LogP contribution in [0.15, 0.2) is 16.5 Å². The highest BCUT2D eigenvalue weighted by molar-refractivity contribution is 5.84. The molecule has 0 spiro atoms. The summed E-state index contributed by atoms with van der Waals surface area (Å²) in [6, 6.07) is 3.61.